The molecule has 1 amide bonds. The molecule has 1 heterocycles. The summed E-state index contributed by atoms with van der Waals surface area (Å²) in [7, 11) is 0. The van der Waals surface area contributed by atoms with Crippen LogP contribution in [0.2, 0.25) is 0 Å². The fourth-order valence-corrected chi connectivity index (χ4v) is 3.14. The molecular formula is C25H22N4O2. The van der Waals surface area contributed by atoms with Gasteiger partial charge in [-0.05, 0) is 36.2 Å². The minimum atomic E-state index is -0.371. The second-order valence-corrected chi connectivity index (χ2v) is 6.78. The van der Waals surface area contributed by atoms with E-state index in [0.717, 1.165) is 22.3 Å². The van der Waals surface area contributed by atoms with Crippen LogP contribution in [0.15, 0.2) is 90.0 Å². The standard InChI is InChI=1S/C25H22N4O2/c1-2-31-24-11-7-6-10-21(24)17-26-29-25(30)23-16-22(27-28-23)20-14-12-19(13-15-20)18-8-4-3-5-9-18/h3-17H,2H2,1H3,(H,27,28)(H,29,30). The van der Waals surface area contributed by atoms with E-state index in [0.29, 0.717) is 23.7 Å². The smallest absolute Gasteiger partial charge is 0.289 e. The molecule has 0 atom stereocenters. The Hall–Kier alpha value is -4.19. The van der Waals surface area contributed by atoms with Crippen LogP contribution in [0.25, 0.3) is 22.4 Å². The topological polar surface area (TPSA) is 79.4 Å². The van der Waals surface area contributed by atoms with Crippen molar-refractivity contribution in [3.63, 3.8) is 0 Å². The minimum absolute atomic E-state index is 0.331. The first-order valence-corrected chi connectivity index (χ1v) is 10.0. The molecule has 0 saturated carbocycles. The van der Waals surface area contributed by atoms with E-state index in [2.05, 4.69) is 32.9 Å². The van der Waals surface area contributed by atoms with Crippen LogP contribution in [-0.2, 0) is 0 Å². The van der Waals surface area contributed by atoms with Crippen molar-refractivity contribution < 1.29 is 9.53 Å². The highest BCUT2D eigenvalue weighted by Crippen LogP contribution is 2.24. The van der Waals surface area contributed by atoms with E-state index in [-0.39, 0.29) is 5.91 Å². The lowest BCUT2D eigenvalue weighted by molar-refractivity contribution is 0.0950. The summed E-state index contributed by atoms with van der Waals surface area (Å²) < 4.78 is 5.55. The SMILES string of the molecule is CCOc1ccccc1C=NNC(=O)c1cc(-c2ccc(-c3ccccc3)cc2)n[nH]1. The molecule has 0 saturated heterocycles. The maximum atomic E-state index is 12.4. The third kappa shape index (κ3) is 4.87. The number of hydrazone groups is 1. The molecule has 0 aliphatic carbocycles. The van der Waals surface area contributed by atoms with Crippen LogP contribution in [0.5, 0.6) is 5.75 Å². The summed E-state index contributed by atoms with van der Waals surface area (Å²) in [6, 6.07) is 27.4. The van der Waals surface area contributed by atoms with Gasteiger partial charge in [0.15, 0.2) is 0 Å². The summed E-state index contributed by atoms with van der Waals surface area (Å²) >= 11 is 0. The van der Waals surface area contributed by atoms with E-state index < -0.39 is 0 Å². The Bertz CT molecular complexity index is 1180. The Kier molecular flexibility index (Phi) is 6.18. The van der Waals surface area contributed by atoms with Crippen molar-refractivity contribution in [2.24, 2.45) is 5.10 Å². The zero-order valence-electron chi connectivity index (χ0n) is 17.1. The molecule has 31 heavy (non-hydrogen) atoms. The Morgan fingerprint density at radius 2 is 1.65 bits per heavy atom. The molecule has 0 bridgehead atoms. The molecule has 0 aliphatic rings. The number of para-hydroxylation sites is 1. The minimum Gasteiger partial charge on any atom is -0.493 e. The van der Waals surface area contributed by atoms with E-state index in [4.69, 9.17) is 4.74 Å². The fourth-order valence-electron chi connectivity index (χ4n) is 3.14. The first-order valence-electron chi connectivity index (χ1n) is 10.0. The lowest BCUT2D eigenvalue weighted by Crippen LogP contribution is -2.18. The number of aromatic amines is 1. The number of nitrogens with one attached hydrogen (secondary N) is 2. The van der Waals surface area contributed by atoms with Gasteiger partial charge in [-0.15, -0.1) is 0 Å². The number of aromatic nitrogens is 2. The quantitative estimate of drug-likeness (QED) is 0.336. The van der Waals surface area contributed by atoms with E-state index in [1.54, 1.807) is 12.3 Å². The van der Waals surface area contributed by atoms with Crippen molar-refractivity contribution >= 4 is 12.1 Å². The monoisotopic (exact) mass is 410 g/mol. The number of ether oxygens (including phenoxy) is 1. The number of H-pyrrole nitrogens is 1. The number of carbonyl (C=O) groups is 1. The zero-order valence-corrected chi connectivity index (χ0v) is 17.1. The molecule has 2 N–H and O–H groups in total. The van der Waals surface area contributed by atoms with Crippen LogP contribution in [-0.4, -0.2) is 28.9 Å². The third-order valence-corrected chi connectivity index (χ3v) is 4.70. The van der Waals surface area contributed by atoms with Crippen LogP contribution in [0.3, 0.4) is 0 Å². The molecular weight excluding hydrogens is 388 g/mol. The molecule has 154 valence electrons. The maximum absolute atomic E-state index is 12.4. The number of amides is 1. The fraction of sp³-hybridized carbons (Fsp3) is 0.0800. The highest BCUT2D eigenvalue weighted by Gasteiger charge is 2.11. The van der Waals surface area contributed by atoms with Gasteiger partial charge >= 0.3 is 0 Å². The van der Waals surface area contributed by atoms with E-state index >= 15 is 0 Å². The lowest BCUT2D eigenvalue weighted by atomic mass is 10.0. The first-order chi connectivity index (χ1) is 15.2. The van der Waals surface area contributed by atoms with Crippen LogP contribution in [0.4, 0.5) is 0 Å². The summed E-state index contributed by atoms with van der Waals surface area (Å²) in [4.78, 5) is 12.4. The van der Waals surface area contributed by atoms with Gasteiger partial charge < -0.3 is 4.74 Å². The van der Waals surface area contributed by atoms with Crippen molar-refractivity contribution in [1.29, 1.82) is 0 Å². The van der Waals surface area contributed by atoms with Gasteiger partial charge in [0, 0.05) is 11.1 Å². The van der Waals surface area contributed by atoms with Gasteiger partial charge in [0.2, 0.25) is 0 Å². The van der Waals surface area contributed by atoms with Crippen molar-refractivity contribution in [3.05, 3.63) is 96.2 Å². The maximum Gasteiger partial charge on any atom is 0.289 e. The van der Waals surface area contributed by atoms with Crippen molar-refractivity contribution in [2.45, 2.75) is 6.92 Å². The van der Waals surface area contributed by atoms with Gasteiger partial charge in [-0.2, -0.15) is 10.2 Å². The Labute approximate surface area is 180 Å². The zero-order chi connectivity index (χ0) is 21.5. The molecule has 4 rings (SSSR count). The largest absolute Gasteiger partial charge is 0.493 e. The van der Waals surface area contributed by atoms with Gasteiger partial charge in [-0.3, -0.25) is 9.89 Å². The van der Waals surface area contributed by atoms with Crippen molar-refractivity contribution in [3.8, 4) is 28.1 Å². The highest BCUT2D eigenvalue weighted by molar-refractivity contribution is 5.94. The number of hydrogen-bond acceptors (Lipinski definition) is 4. The van der Waals surface area contributed by atoms with Gasteiger partial charge in [-0.25, -0.2) is 5.43 Å². The van der Waals surface area contributed by atoms with Crippen LogP contribution >= 0.6 is 0 Å². The van der Waals surface area contributed by atoms with Gasteiger partial charge in [0.1, 0.15) is 11.4 Å². The summed E-state index contributed by atoms with van der Waals surface area (Å²) in [5, 5.41) is 11.1. The van der Waals surface area contributed by atoms with E-state index in [1.165, 1.54) is 0 Å². The Morgan fingerprint density at radius 1 is 0.968 bits per heavy atom. The average molecular weight is 410 g/mol. The van der Waals surface area contributed by atoms with Gasteiger partial charge in [0.25, 0.3) is 5.91 Å². The summed E-state index contributed by atoms with van der Waals surface area (Å²) in [6.45, 7) is 2.47. The number of carbonyl (C=O) groups excluding carboxylic acids is 1. The van der Waals surface area contributed by atoms with Crippen molar-refractivity contribution in [1.82, 2.24) is 15.6 Å². The molecule has 0 aliphatic heterocycles. The summed E-state index contributed by atoms with van der Waals surface area (Å²) in [5.41, 5.74) is 7.52. The van der Waals surface area contributed by atoms with Crippen molar-refractivity contribution in [2.75, 3.05) is 6.61 Å². The predicted molar refractivity (Wildman–Crippen MR) is 122 cm³/mol. The normalized spacial score (nSPS) is 10.9. The van der Waals surface area contributed by atoms with Crippen LogP contribution in [0, 0.1) is 0 Å². The Balaban J connectivity index is 1.42. The number of rotatable bonds is 7. The highest BCUT2D eigenvalue weighted by atomic mass is 16.5. The predicted octanol–water partition coefficient (Wildman–Crippen LogP) is 4.91. The van der Waals surface area contributed by atoms with Crippen LogP contribution < -0.4 is 10.2 Å². The second-order valence-electron chi connectivity index (χ2n) is 6.78. The Morgan fingerprint density at radius 3 is 2.42 bits per heavy atom. The lowest BCUT2D eigenvalue weighted by Gasteiger charge is -2.05. The van der Waals surface area contributed by atoms with Gasteiger partial charge in [0.05, 0.1) is 18.5 Å². The number of nitrogens with zero attached hydrogens (tertiary/aromatic N) is 2. The molecule has 0 fully saturated rings. The number of hydrogen-bond donors (Lipinski definition) is 2. The van der Waals surface area contributed by atoms with E-state index in [9.17, 15) is 4.79 Å². The summed E-state index contributed by atoms with van der Waals surface area (Å²) in [6.07, 6.45) is 1.56. The summed E-state index contributed by atoms with van der Waals surface area (Å²) in [5.74, 6) is 0.343. The van der Waals surface area contributed by atoms with E-state index in [1.807, 2.05) is 73.7 Å². The van der Waals surface area contributed by atoms with Gasteiger partial charge in [-0.1, -0.05) is 66.7 Å². The molecule has 0 spiro atoms. The molecule has 4 aromatic rings. The molecule has 3 aromatic carbocycles. The molecule has 6 nitrogen and oxygen atoms in total. The number of benzene rings is 3. The molecule has 1 aromatic heterocycles. The van der Waals surface area contributed by atoms with Crippen LogP contribution in [0.1, 0.15) is 23.0 Å². The first kappa shape index (κ1) is 20.1. The molecule has 0 radical (unpaired) electrons. The molecule has 0 unspecified atom stereocenters. The third-order valence-electron chi connectivity index (χ3n) is 4.70. The second kappa shape index (κ2) is 9.54. The average Bonchev–Trinajstić information content (AvgIpc) is 3.32. The molecule has 6 heteroatoms.